The number of hydrogen-bond donors (Lipinski definition) is 2. The Hall–Kier alpha value is -1.91. The average Bonchev–Trinajstić information content (AvgIpc) is 2.56. The number of likely N-dealkylation sites (N-methyl/N-ethyl adjacent to an activating group) is 1. The summed E-state index contributed by atoms with van der Waals surface area (Å²) in [5.41, 5.74) is 3.62. The molecule has 0 aromatic heterocycles. The number of rotatable bonds is 6. The lowest BCUT2D eigenvalue weighted by molar-refractivity contribution is 0.299. The smallest absolute Gasteiger partial charge is 0.170 e. The molecule has 23 heavy (non-hydrogen) atoms. The van der Waals surface area contributed by atoms with Gasteiger partial charge in [-0.2, -0.15) is 0 Å². The zero-order chi connectivity index (χ0) is 16.7. The quantitative estimate of drug-likeness (QED) is 0.788. The largest absolute Gasteiger partial charge is 0.361 e. The number of aryl methyl sites for hydroxylation is 1. The van der Waals surface area contributed by atoms with E-state index in [1.165, 1.54) is 11.1 Å². The first-order valence-electron chi connectivity index (χ1n) is 7.95. The molecule has 3 nitrogen and oxygen atoms in total. The van der Waals surface area contributed by atoms with Gasteiger partial charge in [0.1, 0.15) is 0 Å². The molecule has 0 aliphatic heterocycles. The predicted octanol–water partition coefficient (Wildman–Crippen LogP) is 3.84. The van der Waals surface area contributed by atoms with Gasteiger partial charge in [0.05, 0.1) is 6.04 Å². The van der Waals surface area contributed by atoms with Crippen LogP contribution in [0.2, 0.25) is 0 Å². The van der Waals surface area contributed by atoms with Crippen molar-refractivity contribution in [2.24, 2.45) is 0 Å². The maximum absolute atomic E-state index is 5.41. The van der Waals surface area contributed by atoms with Crippen LogP contribution in [-0.4, -0.2) is 30.7 Å². The third-order valence-electron chi connectivity index (χ3n) is 3.88. The molecule has 0 bridgehead atoms. The molecule has 0 radical (unpaired) electrons. The van der Waals surface area contributed by atoms with E-state index in [-0.39, 0.29) is 6.04 Å². The molecule has 2 aromatic rings. The molecule has 2 rings (SSSR count). The molecule has 0 saturated carbocycles. The molecular weight excluding hydrogens is 302 g/mol. The van der Waals surface area contributed by atoms with Crippen molar-refractivity contribution in [2.45, 2.75) is 19.4 Å². The summed E-state index contributed by atoms with van der Waals surface area (Å²) in [5, 5.41) is 7.21. The van der Waals surface area contributed by atoms with Crippen LogP contribution in [0.15, 0.2) is 54.6 Å². The minimum atomic E-state index is 0.276. The lowest BCUT2D eigenvalue weighted by Crippen LogP contribution is -2.36. The van der Waals surface area contributed by atoms with Gasteiger partial charge in [0.15, 0.2) is 5.11 Å². The van der Waals surface area contributed by atoms with E-state index >= 15 is 0 Å². The Labute approximate surface area is 144 Å². The molecule has 0 aliphatic carbocycles. The van der Waals surface area contributed by atoms with E-state index < -0.39 is 0 Å². The van der Waals surface area contributed by atoms with Crippen LogP contribution in [0, 0.1) is 0 Å². The van der Waals surface area contributed by atoms with Crippen LogP contribution in [0.5, 0.6) is 0 Å². The van der Waals surface area contributed by atoms with Gasteiger partial charge < -0.3 is 15.5 Å². The summed E-state index contributed by atoms with van der Waals surface area (Å²) >= 11 is 5.41. The van der Waals surface area contributed by atoms with Crippen molar-refractivity contribution < 1.29 is 0 Å². The fourth-order valence-corrected chi connectivity index (χ4v) is 2.66. The van der Waals surface area contributed by atoms with Crippen LogP contribution in [0.4, 0.5) is 5.69 Å². The van der Waals surface area contributed by atoms with Gasteiger partial charge in [-0.3, -0.25) is 0 Å². The molecule has 122 valence electrons. The number of benzene rings is 2. The van der Waals surface area contributed by atoms with Crippen LogP contribution < -0.4 is 10.6 Å². The number of nitrogens with zero attached hydrogens (tertiary/aromatic N) is 1. The summed E-state index contributed by atoms with van der Waals surface area (Å²) in [4.78, 5) is 2.20. The molecule has 2 N–H and O–H groups in total. The molecule has 0 fully saturated rings. The Morgan fingerprint density at radius 1 is 1.04 bits per heavy atom. The number of hydrogen-bond acceptors (Lipinski definition) is 2. The lowest BCUT2D eigenvalue weighted by atomic mass is 10.1. The van der Waals surface area contributed by atoms with Gasteiger partial charge in [0.2, 0.25) is 0 Å². The third-order valence-corrected chi connectivity index (χ3v) is 4.13. The topological polar surface area (TPSA) is 27.3 Å². The minimum absolute atomic E-state index is 0.276. The van der Waals surface area contributed by atoms with Crippen LogP contribution in [0.1, 0.15) is 24.1 Å². The number of anilines is 1. The molecule has 0 amide bonds. The lowest BCUT2D eigenvalue weighted by Gasteiger charge is -2.25. The summed E-state index contributed by atoms with van der Waals surface area (Å²) in [6, 6.07) is 19.1. The maximum Gasteiger partial charge on any atom is 0.170 e. The second-order valence-electron chi connectivity index (χ2n) is 5.78. The summed E-state index contributed by atoms with van der Waals surface area (Å²) < 4.78 is 0. The van der Waals surface area contributed by atoms with Gasteiger partial charge in [-0.25, -0.2) is 0 Å². The normalized spacial score (nSPS) is 12.0. The Morgan fingerprint density at radius 3 is 2.26 bits per heavy atom. The van der Waals surface area contributed by atoms with Crippen molar-refractivity contribution in [3.8, 4) is 0 Å². The summed E-state index contributed by atoms with van der Waals surface area (Å²) in [7, 11) is 4.17. The molecule has 2 aromatic carbocycles. The maximum atomic E-state index is 5.41. The fraction of sp³-hybridized carbons (Fsp3) is 0.316. The minimum Gasteiger partial charge on any atom is -0.361 e. The van der Waals surface area contributed by atoms with Crippen LogP contribution in [-0.2, 0) is 6.42 Å². The molecule has 0 heterocycles. The highest BCUT2D eigenvalue weighted by Crippen LogP contribution is 2.17. The predicted molar refractivity (Wildman–Crippen MR) is 103 cm³/mol. The van der Waals surface area contributed by atoms with Crippen LogP contribution in [0.3, 0.4) is 0 Å². The van der Waals surface area contributed by atoms with E-state index in [4.69, 9.17) is 12.2 Å². The van der Waals surface area contributed by atoms with E-state index in [2.05, 4.69) is 85.1 Å². The summed E-state index contributed by atoms with van der Waals surface area (Å²) in [5.74, 6) is 0. The fourth-order valence-electron chi connectivity index (χ4n) is 2.46. The third kappa shape index (κ3) is 5.34. The molecule has 4 heteroatoms. The van der Waals surface area contributed by atoms with E-state index in [9.17, 15) is 0 Å². The van der Waals surface area contributed by atoms with E-state index in [1.807, 2.05) is 6.07 Å². The van der Waals surface area contributed by atoms with E-state index in [0.717, 1.165) is 18.7 Å². The van der Waals surface area contributed by atoms with Crippen molar-refractivity contribution in [3.63, 3.8) is 0 Å². The first-order chi connectivity index (χ1) is 11.1. The van der Waals surface area contributed by atoms with Gasteiger partial charge in [0, 0.05) is 12.2 Å². The second kappa shape index (κ2) is 8.65. The van der Waals surface area contributed by atoms with Crippen molar-refractivity contribution >= 4 is 23.0 Å². The van der Waals surface area contributed by atoms with E-state index in [0.29, 0.717) is 5.11 Å². The highest BCUT2D eigenvalue weighted by atomic mass is 32.1. The first kappa shape index (κ1) is 17.4. The zero-order valence-electron chi connectivity index (χ0n) is 14.0. The SMILES string of the molecule is CCc1ccc(NC(=S)NC[C@H](c2ccccc2)N(C)C)cc1. The van der Waals surface area contributed by atoms with Gasteiger partial charge in [0.25, 0.3) is 0 Å². The number of nitrogens with one attached hydrogen (secondary N) is 2. The van der Waals surface area contributed by atoms with Crippen molar-refractivity contribution in [2.75, 3.05) is 26.0 Å². The monoisotopic (exact) mass is 327 g/mol. The van der Waals surface area contributed by atoms with Crippen LogP contribution >= 0.6 is 12.2 Å². The Bertz CT molecular complexity index is 608. The molecule has 0 unspecified atom stereocenters. The second-order valence-corrected chi connectivity index (χ2v) is 6.18. The van der Waals surface area contributed by atoms with Gasteiger partial charge in [-0.15, -0.1) is 0 Å². The Balaban J connectivity index is 1.91. The van der Waals surface area contributed by atoms with E-state index in [1.54, 1.807) is 0 Å². The zero-order valence-corrected chi connectivity index (χ0v) is 14.9. The van der Waals surface area contributed by atoms with Crippen molar-refractivity contribution in [1.29, 1.82) is 0 Å². The summed E-state index contributed by atoms with van der Waals surface area (Å²) in [6.45, 7) is 2.91. The first-order valence-corrected chi connectivity index (χ1v) is 8.36. The Morgan fingerprint density at radius 2 is 1.70 bits per heavy atom. The average molecular weight is 327 g/mol. The molecule has 0 saturated heterocycles. The van der Waals surface area contributed by atoms with Gasteiger partial charge in [-0.05, 0) is 56.0 Å². The van der Waals surface area contributed by atoms with Gasteiger partial charge >= 0.3 is 0 Å². The van der Waals surface area contributed by atoms with Crippen molar-refractivity contribution in [1.82, 2.24) is 10.2 Å². The number of thiocarbonyl (C=S) groups is 1. The molecule has 0 spiro atoms. The standard InChI is InChI=1S/C19H25N3S/c1-4-15-10-12-17(13-11-15)21-19(23)20-14-18(22(2)3)16-8-6-5-7-9-16/h5-13,18H,4,14H2,1-3H3,(H2,20,21,23)/t18-/m1/s1. The molecular formula is C19H25N3S. The van der Waals surface area contributed by atoms with Crippen LogP contribution in [0.25, 0.3) is 0 Å². The highest BCUT2D eigenvalue weighted by Gasteiger charge is 2.13. The summed E-state index contributed by atoms with van der Waals surface area (Å²) in [6.07, 6.45) is 1.05. The Kier molecular flexibility index (Phi) is 6.56. The highest BCUT2D eigenvalue weighted by molar-refractivity contribution is 7.80. The molecule has 1 atom stereocenters. The van der Waals surface area contributed by atoms with Crippen molar-refractivity contribution in [3.05, 3.63) is 65.7 Å². The molecule has 0 aliphatic rings. The van der Waals surface area contributed by atoms with Gasteiger partial charge in [-0.1, -0.05) is 49.4 Å².